The number of unbranched alkanes of at least 4 members (excludes halogenated alkanes) is 4. The van der Waals surface area contributed by atoms with Crippen molar-refractivity contribution < 1.29 is 5.11 Å². The Morgan fingerprint density at radius 1 is 1.12 bits per heavy atom. The fourth-order valence-electron chi connectivity index (χ4n) is 1.91. The van der Waals surface area contributed by atoms with Crippen LogP contribution in [-0.2, 0) is 0 Å². The van der Waals surface area contributed by atoms with Gasteiger partial charge in [0.05, 0.1) is 0 Å². The first-order chi connectivity index (χ1) is 7.88. The van der Waals surface area contributed by atoms with Gasteiger partial charge in [0.1, 0.15) is 5.72 Å². The molecule has 0 radical (unpaired) electrons. The summed E-state index contributed by atoms with van der Waals surface area (Å²) in [6, 6.07) is 0. The minimum absolute atomic E-state index is 0.0755. The highest BCUT2D eigenvalue weighted by Crippen LogP contribution is 2.21. The molecule has 1 unspecified atom stereocenters. The predicted molar refractivity (Wildman–Crippen MR) is 75.7 cm³/mol. The molecule has 0 fully saturated rings. The number of allylic oxidation sites excluding steroid dienone is 1. The minimum atomic E-state index is -1.09. The van der Waals surface area contributed by atoms with Crippen LogP contribution < -0.4 is 5.73 Å². The van der Waals surface area contributed by atoms with Crippen molar-refractivity contribution in [1.29, 1.82) is 0 Å². The highest BCUT2D eigenvalue weighted by atomic mass is 16.3. The van der Waals surface area contributed by atoms with Crippen molar-refractivity contribution in [3.05, 3.63) is 12.2 Å². The molecule has 0 bridgehead atoms. The van der Waals surface area contributed by atoms with Gasteiger partial charge in [-0.2, -0.15) is 0 Å². The maximum absolute atomic E-state index is 9.92. The summed E-state index contributed by atoms with van der Waals surface area (Å²) in [6.07, 6.45) is 11.5. The summed E-state index contributed by atoms with van der Waals surface area (Å²) in [5.41, 5.74) is 4.72. The van der Waals surface area contributed by atoms with E-state index in [1.165, 1.54) is 25.7 Å². The van der Waals surface area contributed by atoms with Crippen LogP contribution in [0.15, 0.2) is 12.2 Å². The second-order valence-corrected chi connectivity index (χ2v) is 5.66. The van der Waals surface area contributed by atoms with E-state index in [-0.39, 0.29) is 5.92 Å². The molecule has 0 aromatic heterocycles. The fourth-order valence-corrected chi connectivity index (χ4v) is 1.91. The topological polar surface area (TPSA) is 46.2 Å². The maximum Gasteiger partial charge on any atom is 0.117 e. The Hall–Kier alpha value is -0.340. The van der Waals surface area contributed by atoms with E-state index in [4.69, 9.17) is 5.73 Å². The quantitative estimate of drug-likeness (QED) is 0.366. The number of rotatable bonds is 9. The van der Waals surface area contributed by atoms with Gasteiger partial charge in [-0.15, -0.1) is 0 Å². The van der Waals surface area contributed by atoms with Crippen LogP contribution in [0.5, 0.6) is 0 Å². The first-order valence-electron chi connectivity index (χ1n) is 7.07. The number of nitrogens with two attached hydrogens (primary N) is 1. The van der Waals surface area contributed by atoms with E-state index in [2.05, 4.69) is 32.9 Å². The minimum Gasteiger partial charge on any atom is -0.376 e. The molecule has 0 amide bonds. The summed E-state index contributed by atoms with van der Waals surface area (Å²) < 4.78 is 0. The standard InChI is InChI=1S/C15H31NO/c1-5-6-7-8-9-10-14(15(4,16)17)12-11-13(2)3/h11-14,17H,5-10,16H2,1-4H3/b12-11-/t14-,15?/m0/s1. The van der Waals surface area contributed by atoms with Crippen LogP contribution in [0.25, 0.3) is 0 Å². The van der Waals surface area contributed by atoms with Crippen LogP contribution >= 0.6 is 0 Å². The van der Waals surface area contributed by atoms with Crippen molar-refractivity contribution in [2.75, 3.05) is 0 Å². The molecule has 102 valence electrons. The molecule has 0 aliphatic rings. The van der Waals surface area contributed by atoms with E-state index in [9.17, 15) is 5.11 Å². The van der Waals surface area contributed by atoms with Gasteiger partial charge in [0, 0.05) is 5.92 Å². The highest BCUT2D eigenvalue weighted by Gasteiger charge is 2.24. The summed E-state index contributed by atoms with van der Waals surface area (Å²) in [4.78, 5) is 0. The summed E-state index contributed by atoms with van der Waals surface area (Å²) >= 11 is 0. The summed E-state index contributed by atoms with van der Waals surface area (Å²) in [5.74, 6) is 0.589. The van der Waals surface area contributed by atoms with E-state index in [0.717, 1.165) is 12.8 Å². The number of hydrogen-bond donors (Lipinski definition) is 2. The largest absolute Gasteiger partial charge is 0.376 e. The molecule has 2 atom stereocenters. The van der Waals surface area contributed by atoms with Crippen molar-refractivity contribution in [3.63, 3.8) is 0 Å². The molecule has 2 heteroatoms. The molecular formula is C15H31NO. The van der Waals surface area contributed by atoms with Crippen molar-refractivity contribution in [2.45, 2.75) is 71.9 Å². The molecule has 2 nitrogen and oxygen atoms in total. The van der Waals surface area contributed by atoms with Crippen molar-refractivity contribution >= 4 is 0 Å². The molecule has 0 spiro atoms. The van der Waals surface area contributed by atoms with Crippen molar-refractivity contribution in [2.24, 2.45) is 17.6 Å². The van der Waals surface area contributed by atoms with Gasteiger partial charge in [-0.25, -0.2) is 0 Å². The summed E-state index contributed by atoms with van der Waals surface area (Å²) in [6.45, 7) is 8.20. The molecule has 0 heterocycles. The van der Waals surface area contributed by atoms with E-state index in [0.29, 0.717) is 5.92 Å². The smallest absolute Gasteiger partial charge is 0.117 e. The monoisotopic (exact) mass is 241 g/mol. The van der Waals surface area contributed by atoms with Gasteiger partial charge in [0.25, 0.3) is 0 Å². The van der Waals surface area contributed by atoms with Crippen molar-refractivity contribution in [1.82, 2.24) is 0 Å². The molecule has 0 saturated heterocycles. The zero-order chi connectivity index (χ0) is 13.3. The van der Waals surface area contributed by atoms with Gasteiger partial charge >= 0.3 is 0 Å². The highest BCUT2D eigenvalue weighted by molar-refractivity contribution is 4.96. The molecule has 0 aromatic carbocycles. The van der Waals surface area contributed by atoms with Crippen molar-refractivity contribution in [3.8, 4) is 0 Å². The maximum atomic E-state index is 9.92. The Kier molecular flexibility index (Phi) is 8.53. The van der Waals surface area contributed by atoms with Crippen LogP contribution in [0.4, 0.5) is 0 Å². The third-order valence-corrected chi connectivity index (χ3v) is 3.10. The third-order valence-electron chi connectivity index (χ3n) is 3.10. The Balaban J connectivity index is 4.04. The normalized spacial score (nSPS) is 17.6. The molecule has 3 N–H and O–H groups in total. The molecule has 0 aromatic rings. The van der Waals surface area contributed by atoms with Gasteiger partial charge in [-0.1, -0.05) is 65.0 Å². The van der Waals surface area contributed by atoms with E-state index < -0.39 is 5.72 Å². The lowest BCUT2D eigenvalue weighted by molar-refractivity contribution is 0.0200. The van der Waals surface area contributed by atoms with E-state index in [1.807, 2.05) is 0 Å². The third kappa shape index (κ3) is 9.37. The van der Waals surface area contributed by atoms with Gasteiger partial charge in [0.15, 0.2) is 0 Å². The molecule has 0 saturated carbocycles. The Bertz CT molecular complexity index is 203. The van der Waals surface area contributed by atoms with Crippen LogP contribution in [0.2, 0.25) is 0 Å². The first kappa shape index (κ1) is 16.7. The van der Waals surface area contributed by atoms with Gasteiger partial charge in [0.2, 0.25) is 0 Å². The van der Waals surface area contributed by atoms with E-state index >= 15 is 0 Å². The molecule has 0 aliphatic heterocycles. The lowest BCUT2D eigenvalue weighted by Gasteiger charge is -2.26. The van der Waals surface area contributed by atoms with E-state index in [1.54, 1.807) is 6.92 Å². The molecule has 0 rings (SSSR count). The number of hydrogen-bond acceptors (Lipinski definition) is 2. The molecular weight excluding hydrogens is 210 g/mol. The van der Waals surface area contributed by atoms with Gasteiger partial charge in [-0.3, -0.25) is 0 Å². The first-order valence-corrected chi connectivity index (χ1v) is 7.07. The number of aliphatic hydroxyl groups is 1. The van der Waals surface area contributed by atoms with Crippen LogP contribution in [-0.4, -0.2) is 10.8 Å². The zero-order valence-electron chi connectivity index (χ0n) is 12.1. The fraction of sp³-hybridized carbons (Fsp3) is 0.867. The van der Waals surface area contributed by atoms with Crippen LogP contribution in [0, 0.1) is 11.8 Å². The zero-order valence-corrected chi connectivity index (χ0v) is 12.1. The van der Waals surface area contributed by atoms with Gasteiger partial charge in [-0.05, 0) is 19.3 Å². The second kappa shape index (κ2) is 8.71. The lowest BCUT2D eigenvalue weighted by atomic mass is 9.90. The lowest BCUT2D eigenvalue weighted by Crippen LogP contribution is -2.43. The average molecular weight is 241 g/mol. The molecule has 17 heavy (non-hydrogen) atoms. The Morgan fingerprint density at radius 3 is 2.18 bits per heavy atom. The predicted octanol–water partition coefficient (Wildman–Crippen LogP) is 3.84. The second-order valence-electron chi connectivity index (χ2n) is 5.66. The SMILES string of the molecule is CCCCCCC[C@@H](/C=C\C(C)C)C(C)(N)O. The Morgan fingerprint density at radius 2 is 1.71 bits per heavy atom. The van der Waals surface area contributed by atoms with Crippen LogP contribution in [0.3, 0.4) is 0 Å². The summed E-state index contributed by atoms with van der Waals surface area (Å²) in [5, 5.41) is 9.92. The Labute approximate surface area is 107 Å². The van der Waals surface area contributed by atoms with Gasteiger partial charge < -0.3 is 10.8 Å². The summed E-state index contributed by atoms with van der Waals surface area (Å²) in [7, 11) is 0. The average Bonchev–Trinajstić information content (AvgIpc) is 2.19. The van der Waals surface area contributed by atoms with Crippen LogP contribution in [0.1, 0.15) is 66.2 Å². The molecule has 0 aliphatic carbocycles.